The SMILES string of the molecule is C[C@@H]1CCC[C@H](N2CCC(c3cc(Cl)ccc3-n3cc(Cl)nn3)=CC2=O)c2cc(ccn2)-c2c(cnn2CC(=O)O)NC1=O.O=C(O)C(F)(F)F. The van der Waals surface area contributed by atoms with Crippen LogP contribution in [0.15, 0.2) is 55.0 Å². The number of pyridine rings is 1. The predicted molar refractivity (Wildman–Crippen MR) is 177 cm³/mol. The number of carbonyl (C=O) groups is 4. The van der Waals surface area contributed by atoms with E-state index in [2.05, 4.69) is 25.7 Å². The molecule has 2 bridgehead atoms. The molecule has 2 amide bonds. The molecule has 1 aromatic carbocycles. The molecule has 2 atom stereocenters. The van der Waals surface area contributed by atoms with Crippen molar-refractivity contribution in [1.82, 2.24) is 34.7 Å². The number of aliphatic carboxylic acids is 2. The summed E-state index contributed by atoms with van der Waals surface area (Å²) in [6.07, 6.45) is 3.63. The van der Waals surface area contributed by atoms with E-state index in [9.17, 15) is 32.7 Å². The quantitative estimate of drug-likeness (QED) is 0.230. The standard InChI is InChI=1S/C30H28Cl2N8O4.C2HF3O2/c1-17-3-2-4-25(22-11-19(7-9-33-22)29-23(35-30(17)44)14-34-40(29)16-28(42)43)38-10-8-18(12-27(38)41)21-13-20(31)5-6-24(21)39-15-26(32)36-37-39;3-2(4,5)1(6)7/h5-7,9,11-15,17,25H,2-4,8,10,16H2,1H3,(H,35,44)(H,42,43);(H,6,7)/t17-,25+;/m1./s1. The lowest BCUT2D eigenvalue weighted by Gasteiger charge is -2.34. The number of rotatable bonds is 5. The number of nitrogens with one attached hydrogen (secondary N) is 1. The van der Waals surface area contributed by atoms with Crippen molar-refractivity contribution in [2.75, 3.05) is 11.9 Å². The third kappa shape index (κ3) is 8.72. The molecule has 0 saturated heterocycles. The fourth-order valence-electron chi connectivity index (χ4n) is 5.78. The van der Waals surface area contributed by atoms with E-state index < -0.39 is 18.1 Å². The number of benzene rings is 1. The summed E-state index contributed by atoms with van der Waals surface area (Å²) in [5.74, 6) is -4.49. The molecule has 2 aliphatic rings. The Morgan fingerprint density at radius 2 is 1.84 bits per heavy atom. The first-order valence-electron chi connectivity index (χ1n) is 15.4. The summed E-state index contributed by atoms with van der Waals surface area (Å²) >= 11 is 12.4. The van der Waals surface area contributed by atoms with Crippen LogP contribution in [0.25, 0.3) is 22.5 Å². The van der Waals surface area contributed by atoms with E-state index in [1.54, 1.807) is 46.3 Å². The molecule has 0 fully saturated rings. The Morgan fingerprint density at radius 3 is 2.49 bits per heavy atom. The van der Waals surface area contributed by atoms with Crippen LogP contribution in [0.5, 0.6) is 0 Å². The number of fused-ring (bicyclic) bond motifs is 4. The summed E-state index contributed by atoms with van der Waals surface area (Å²) in [5.41, 5.74) is 4.44. The van der Waals surface area contributed by atoms with E-state index in [1.165, 1.54) is 10.9 Å². The van der Waals surface area contributed by atoms with E-state index in [1.807, 2.05) is 19.1 Å². The summed E-state index contributed by atoms with van der Waals surface area (Å²) in [5, 5.41) is 32.5. The van der Waals surface area contributed by atoms with Crippen LogP contribution in [0.3, 0.4) is 0 Å². The molecule has 0 spiro atoms. The third-order valence-corrected chi connectivity index (χ3v) is 8.59. The highest BCUT2D eigenvalue weighted by atomic mass is 35.5. The van der Waals surface area contributed by atoms with Crippen molar-refractivity contribution in [3.05, 3.63) is 76.4 Å². The van der Waals surface area contributed by atoms with Crippen molar-refractivity contribution in [2.24, 2.45) is 5.92 Å². The zero-order chi connectivity index (χ0) is 37.0. The van der Waals surface area contributed by atoms with Gasteiger partial charge in [0.25, 0.3) is 0 Å². The van der Waals surface area contributed by atoms with Crippen molar-refractivity contribution < 1.29 is 42.6 Å². The number of amides is 2. The van der Waals surface area contributed by atoms with Crippen LogP contribution in [0.4, 0.5) is 18.9 Å². The lowest BCUT2D eigenvalue weighted by Crippen LogP contribution is -2.38. The van der Waals surface area contributed by atoms with Gasteiger partial charge < -0.3 is 20.4 Å². The van der Waals surface area contributed by atoms with Gasteiger partial charge in [0.1, 0.15) is 6.54 Å². The van der Waals surface area contributed by atoms with Crippen molar-refractivity contribution in [1.29, 1.82) is 0 Å². The van der Waals surface area contributed by atoms with E-state index >= 15 is 0 Å². The maximum absolute atomic E-state index is 13.8. The van der Waals surface area contributed by atoms with E-state index in [0.717, 1.165) is 11.1 Å². The van der Waals surface area contributed by atoms with Gasteiger partial charge >= 0.3 is 18.1 Å². The minimum atomic E-state index is -5.08. The van der Waals surface area contributed by atoms with Crippen LogP contribution in [0.2, 0.25) is 10.2 Å². The number of halogens is 5. The maximum Gasteiger partial charge on any atom is 0.490 e. The van der Waals surface area contributed by atoms with Crippen molar-refractivity contribution >= 4 is 58.2 Å². The van der Waals surface area contributed by atoms with E-state index in [4.69, 9.17) is 33.1 Å². The van der Waals surface area contributed by atoms with Crippen LogP contribution in [-0.2, 0) is 25.7 Å². The molecule has 3 aromatic heterocycles. The molecule has 0 saturated carbocycles. The van der Waals surface area contributed by atoms with Crippen LogP contribution in [0.1, 0.15) is 49.9 Å². The molecule has 0 aliphatic carbocycles. The molecular formula is C32H29Cl2F3N8O6. The molecule has 4 aromatic rings. The number of carboxylic acid groups (broad SMARTS) is 2. The number of nitrogens with zero attached hydrogens (tertiary/aromatic N) is 7. The molecule has 19 heteroatoms. The number of carboxylic acids is 2. The first kappa shape index (κ1) is 37.0. The maximum atomic E-state index is 13.8. The first-order valence-corrected chi connectivity index (χ1v) is 16.1. The second kappa shape index (κ2) is 15.3. The van der Waals surface area contributed by atoms with E-state index in [-0.39, 0.29) is 35.5 Å². The topological polar surface area (TPSA) is 185 Å². The summed E-state index contributed by atoms with van der Waals surface area (Å²) in [7, 11) is 0. The minimum Gasteiger partial charge on any atom is -0.480 e. The summed E-state index contributed by atoms with van der Waals surface area (Å²) in [6, 6.07) is 8.56. The Labute approximate surface area is 297 Å². The van der Waals surface area contributed by atoms with Gasteiger partial charge in [-0.05, 0) is 55.2 Å². The molecule has 14 nitrogen and oxygen atoms in total. The van der Waals surface area contributed by atoms with Gasteiger partial charge in [0.15, 0.2) is 5.15 Å². The normalized spacial score (nSPS) is 17.9. The highest BCUT2D eigenvalue weighted by Crippen LogP contribution is 2.37. The van der Waals surface area contributed by atoms with Gasteiger partial charge in [-0.3, -0.25) is 24.0 Å². The van der Waals surface area contributed by atoms with Crippen LogP contribution >= 0.6 is 23.2 Å². The van der Waals surface area contributed by atoms with Gasteiger partial charge in [0.05, 0.1) is 41.2 Å². The van der Waals surface area contributed by atoms with E-state index in [0.29, 0.717) is 65.6 Å². The Balaban J connectivity index is 0.000000654. The molecule has 268 valence electrons. The van der Waals surface area contributed by atoms with Crippen LogP contribution in [-0.4, -0.2) is 81.3 Å². The molecule has 0 unspecified atom stereocenters. The number of aromatic nitrogens is 6. The summed E-state index contributed by atoms with van der Waals surface area (Å²) < 4.78 is 34.6. The largest absolute Gasteiger partial charge is 0.490 e. The Hall–Kier alpha value is -5.29. The Kier molecular flexibility index (Phi) is 11.1. The lowest BCUT2D eigenvalue weighted by atomic mass is 9.93. The Bertz CT molecular complexity index is 2010. The van der Waals surface area contributed by atoms with Crippen LogP contribution < -0.4 is 5.32 Å². The second-order valence-corrected chi connectivity index (χ2v) is 12.5. The molecule has 0 radical (unpaired) electrons. The fourth-order valence-corrected chi connectivity index (χ4v) is 6.08. The minimum absolute atomic E-state index is 0.180. The highest BCUT2D eigenvalue weighted by Gasteiger charge is 2.38. The summed E-state index contributed by atoms with van der Waals surface area (Å²) in [4.78, 5) is 53.8. The molecule has 2 aliphatic heterocycles. The zero-order valence-corrected chi connectivity index (χ0v) is 28.2. The number of alkyl halides is 3. The second-order valence-electron chi connectivity index (χ2n) is 11.7. The number of hydrogen-bond acceptors (Lipinski definition) is 8. The Morgan fingerprint density at radius 1 is 1.10 bits per heavy atom. The van der Waals surface area contributed by atoms with Crippen LogP contribution in [0, 0.1) is 5.92 Å². The van der Waals surface area contributed by atoms with Gasteiger partial charge in [-0.2, -0.15) is 18.3 Å². The number of hydrogen-bond donors (Lipinski definition) is 3. The van der Waals surface area contributed by atoms with Crippen molar-refractivity contribution in [3.8, 4) is 16.9 Å². The smallest absolute Gasteiger partial charge is 0.480 e. The number of carbonyl (C=O) groups excluding carboxylic acids is 2. The van der Waals surface area contributed by atoms with Gasteiger partial charge in [-0.25, -0.2) is 9.48 Å². The average Bonchev–Trinajstić information content (AvgIpc) is 3.67. The highest BCUT2D eigenvalue weighted by molar-refractivity contribution is 6.31. The first-order chi connectivity index (χ1) is 24.1. The van der Waals surface area contributed by atoms with Gasteiger partial charge in [0, 0.05) is 40.9 Å². The fraction of sp³-hybridized carbons (Fsp3) is 0.312. The van der Waals surface area contributed by atoms with Crippen molar-refractivity contribution in [3.63, 3.8) is 0 Å². The monoisotopic (exact) mass is 748 g/mol. The molecule has 6 rings (SSSR count). The van der Waals surface area contributed by atoms with Gasteiger partial charge in [0.2, 0.25) is 11.8 Å². The van der Waals surface area contributed by atoms with Gasteiger partial charge in [-0.15, -0.1) is 5.10 Å². The third-order valence-electron chi connectivity index (χ3n) is 8.18. The molecule has 3 N–H and O–H groups in total. The van der Waals surface area contributed by atoms with Gasteiger partial charge in [-0.1, -0.05) is 41.8 Å². The molecule has 5 heterocycles. The lowest BCUT2D eigenvalue weighted by molar-refractivity contribution is -0.192. The average molecular weight is 750 g/mol. The summed E-state index contributed by atoms with van der Waals surface area (Å²) in [6.45, 7) is 1.89. The number of anilines is 1. The van der Waals surface area contributed by atoms with Crippen molar-refractivity contribution in [2.45, 2.75) is 51.4 Å². The molecule has 51 heavy (non-hydrogen) atoms. The predicted octanol–water partition coefficient (Wildman–Crippen LogP) is 5.67. The zero-order valence-electron chi connectivity index (χ0n) is 26.6. The molecular weight excluding hydrogens is 720 g/mol.